The van der Waals surface area contributed by atoms with Gasteiger partial charge in [0.15, 0.2) is 5.13 Å². The minimum absolute atomic E-state index is 0.256. The van der Waals surface area contributed by atoms with Crippen LogP contribution in [0.4, 0.5) is 5.13 Å². The van der Waals surface area contributed by atoms with Crippen molar-refractivity contribution in [2.24, 2.45) is 0 Å². The van der Waals surface area contributed by atoms with Crippen molar-refractivity contribution < 1.29 is 14.3 Å². The lowest BCUT2D eigenvalue weighted by Crippen LogP contribution is -2.11. The number of carbonyl (C=O) groups excluding carboxylic acids is 2. The van der Waals surface area contributed by atoms with Gasteiger partial charge in [0.1, 0.15) is 4.88 Å². The molecule has 1 N–H and O–H groups in total. The molecule has 1 aromatic carbocycles. The maximum atomic E-state index is 12.1. The van der Waals surface area contributed by atoms with Crippen LogP contribution in [-0.4, -0.2) is 24.0 Å². The average Bonchev–Trinajstić information content (AvgIpc) is 2.78. The molecule has 2 rings (SSSR count). The molecule has 0 atom stereocenters. The van der Waals surface area contributed by atoms with Crippen LogP contribution in [0.25, 0.3) is 0 Å². The number of esters is 1. The Kier molecular flexibility index (Phi) is 4.71. The predicted molar refractivity (Wildman–Crippen MR) is 85.3 cm³/mol. The molecule has 0 saturated heterocycles. The Balaban J connectivity index is 2.18. The van der Waals surface area contributed by atoms with Gasteiger partial charge in [-0.1, -0.05) is 17.4 Å². The highest BCUT2D eigenvalue weighted by molar-refractivity contribution is 14.1. The number of methoxy groups -OCH3 is 1. The van der Waals surface area contributed by atoms with Crippen molar-refractivity contribution in [2.45, 2.75) is 6.92 Å². The Labute approximate surface area is 133 Å². The van der Waals surface area contributed by atoms with Crippen molar-refractivity contribution in [1.82, 2.24) is 4.98 Å². The molecule has 20 heavy (non-hydrogen) atoms. The van der Waals surface area contributed by atoms with E-state index in [1.807, 2.05) is 12.1 Å². The molecule has 0 aliphatic heterocycles. The fourth-order valence-corrected chi connectivity index (χ4v) is 2.95. The molecule has 1 heterocycles. The molecular weight excluding hydrogens is 391 g/mol. The number of ether oxygens (including phenoxy) is 1. The summed E-state index contributed by atoms with van der Waals surface area (Å²) in [5.74, 6) is -0.705. The topological polar surface area (TPSA) is 68.3 Å². The maximum absolute atomic E-state index is 12.1. The van der Waals surface area contributed by atoms with Gasteiger partial charge < -0.3 is 4.74 Å². The SMILES string of the molecule is COC(=O)c1sc(NC(=O)c2cccc(I)c2)nc1C. The second-order valence-electron chi connectivity index (χ2n) is 3.89. The molecule has 7 heteroatoms. The van der Waals surface area contributed by atoms with Crippen LogP contribution in [0.15, 0.2) is 24.3 Å². The molecule has 0 unspecified atom stereocenters. The summed E-state index contributed by atoms with van der Waals surface area (Å²) in [5.41, 5.74) is 1.09. The van der Waals surface area contributed by atoms with Gasteiger partial charge in [0.25, 0.3) is 5.91 Å². The summed E-state index contributed by atoms with van der Waals surface area (Å²) < 4.78 is 5.63. The first-order chi connectivity index (χ1) is 9.51. The van der Waals surface area contributed by atoms with Gasteiger partial charge in [-0.15, -0.1) is 0 Å². The van der Waals surface area contributed by atoms with Crippen molar-refractivity contribution in [1.29, 1.82) is 0 Å². The van der Waals surface area contributed by atoms with Crippen molar-refractivity contribution in [3.05, 3.63) is 44.0 Å². The minimum Gasteiger partial charge on any atom is -0.465 e. The molecule has 0 saturated carbocycles. The number of benzene rings is 1. The number of halogens is 1. The number of carbonyl (C=O) groups is 2. The number of hydrogen-bond acceptors (Lipinski definition) is 5. The first-order valence-corrected chi connectivity index (χ1v) is 7.53. The zero-order valence-electron chi connectivity index (χ0n) is 10.8. The Morgan fingerprint density at radius 2 is 2.15 bits per heavy atom. The van der Waals surface area contributed by atoms with Crippen LogP contribution in [0.2, 0.25) is 0 Å². The summed E-state index contributed by atoms with van der Waals surface area (Å²) in [7, 11) is 1.31. The minimum atomic E-state index is -0.449. The Bertz CT molecular complexity index is 669. The molecule has 0 spiro atoms. The van der Waals surface area contributed by atoms with Crippen LogP contribution in [0.3, 0.4) is 0 Å². The van der Waals surface area contributed by atoms with Crippen LogP contribution in [-0.2, 0) is 4.74 Å². The van der Waals surface area contributed by atoms with Crippen molar-refractivity contribution >= 4 is 50.9 Å². The first-order valence-electron chi connectivity index (χ1n) is 5.64. The van der Waals surface area contributed by atoms with E-state index in [4.69, 9.17) is 0 Å². The van der Waals surface area contributed by atoms with Gasteiger partial charge in [0.05, 0.1) is 12.8 Å². The van der Waals surface area contributed by atoms with E-state index in [0.29, 0.717) is 21.3 Å². The molecule has 1 amide bonds. The van der Waals surface area contributed by atoms with Gasteiger partial charge in [-0.2, -0.15) is 0 Å². The number of aromatic nitrogens is 1. The van der Waals surface area contributed by atoms with E-state index in [0.717, 1.165) is 14.9 Å². The van der Waals surface area contributed by atoms with Crippen LogP contribution in [0.5, 0.6) is 0 Å². The Morgan fingerprint density at radius 3 is 2.80 bits per heavy atom. The smallest absolute Gasteiger partial charge is 0.350 e. The van der Waals surface area contributed by atoms with Gasteiger partial charge in [-0.3, -0.25) is 10.1 Å². The van der Waals surface area contributed by atoms with Crippen LogP contribution in [0.1, 0.15) is 25.7 Å². The summed E-state index contributed by atoms with van der Waals surface area (Å²) >= 11 is 3.24. The number of aryl methyl sites for hydroxylation is 1. The average molecular weight is 402 g/mol. The molecule has 104 valence electrons. The van der Waals surface area contributed by atoms with E-state index in [1.165, 1.54) is 7.11 Å². The van der Waals surface area contributed by atoms with E-state index < -0.39 is 5.97 Å². The second kappa shape index (κ2) is 6.31. The van der Waals surface area contributed by atoms with Crippen molar-refractivity contribution in [2.75, 3.05) is 12.4 Å². The summed E-state index contributed by atoms with van der Waals surface area (Å²) in [6, 6.07) is 7.21. The molecule has 5 nitrogen and oxygen atoms in total. The zero-order chi connectivity index (χ0) is 14.7. The first kappa shape index (κ1) is 14.9. The van der Waals surface area contributed by atoms with Crippen molar-refractivity contribution in [3.8, 4) is 0 Å². The van der Waals surface area contributed by atoms with Gasteiger partial charge in [0.2, 0.25) is 0 Å². The molecule has 0 bridgehead atoms. The standard InChI is InChI=1S/C13H11IN2O3S/c1-7-10(12(18)19-2)20-13(15-7)16-11(17)8-4-3-5-9(14)6-8/h3-6H,1-2H3,(H,15,16,17). The highest BCUT2D eigenvalue weighted by Crippen LogP contribution is 2.23. The van der Waals surface area contributed by atoms with Gasteiger partial charge in [-0.05, 0) is 47.7 Å². The summed E-state index contributed by atoms with van der Waals surface area (Å²) in [5, 5.41) is 3.06. The molecular formula is C13H11IN2O3S. The fraction of sp³-hybridized carbons (Fsp3) is 0.154. The quantitative estimate of drug-likeness (QED) is 0.633. The van der Waals surface area contributed by atoms with E-state index in [9.17, 15) is 9.59 Å². The number of nitrogens with one attached hydrogen (secondary N) is 1. The third-order valence-corrected chi connectivity index (χ3v) is 4.20. The highest BCUT2D eigenvalue weighted by atomic mass is 127. The molecule has 1 aromatic heterocycles. The number of hydrogen-bond donors (Lipinski definition) is 1. The van der Waals surface area contributed by atoms with E-state index >= 15 is 0 Å². The Hall–Kier alpha value is -1.48. The second-order valence-corrected chi connectivity index (χ2v) is 6.13. The third-order valence-electron chi connectivity index (χ3n) is 2.47. The van der Waals surface area contributed by atoms with E-state index in [1.54, 1.807) is 19.1 Å². The normalized spacial score (nSPS) is 10.2. The lowest BCUT2D eigenvalue weighted by atomic mass is 10.2. The summed E-state index contributed by atoms with van der Waals surface area (Å²) in [6.07, 6.45) is 0. The number of rotatable bonds is 3. The molecule has 0 aliphatic carbocycles. The third kappa shape index (κ3) is 3.34. The lowest BCUT2D eigenvalue weighted by molar-refractivity contribution is 0.0605. The number of nitrogens with zero attached hydrogens (tertiary/aromatic N) is 1. The molecule has 2 aromatic rings. The fourth-order valence-electron chi connectivity index (χ4n) is 1.53. The molecule has 0 radical (unpaired) electrons. The zero-order valence-corrected chi connectivity index (χ0v) is 13.7. The molecule has 0 aliphatic rings. The highest BCUT2D eigenvalue weighted by Gasteiger charge is 2.17. The van der Waals surface area contributed by atoms with Crippen LogP contribution < -0.4 is 5.32 Å². The largest absolute Gasteiger partial charge is 0.465 e. The summed E-state index contributed by atoms with van der Waals surface area (Å²) in [6.45, 7) is 1.70. The van der Waals surface area contributed by atoms with Gasteiger partial charge >= 0.3 is 5.97 Å². The molecule has 0 fully saturated rings. The van der Waals surface area contributed by atoms with Gasteiger partial charge in [-0.25, -0.2) is 9.78 Å². The lowest BCUT2D eigenvalue weighted by Gasteiger charge is -2.01. The summed E-state index contributed by atoms with van der Waals surface area (Å²) in [4.78, 5) is 28.1. The number of anilines is 1. The maximum Gasteiger partial charge on any atom is 0.350 e. The predicted octanol–water partition coefficient (Wildman–Crippen LogP) is 3.10. The number of amides is 1. The van der Waals surface area contributed by atoms with Crippen LogP contribution in [0, 0.1) is 10.5 Å². The Morgan fingerprint density at radius 1 is 1.40 bits per heavy atom. The number of thiazole rings is 1. The van der Waals surface area contributed by atoms with E-state index in [-0.39, 0.29) is 5.91 Å². The van der Waals surface area contributed by atoms with Crippen LogP contribution >= 0.6 is 33.9 Å². The van der Waals surface area contributed by atoms with Crippen molar-refractivity contribution in [3.63, 3.8) is 0 Å². The van der Waals surface area contributed by atoms with Gasteiger partial charge in [0, 0.05) is 9.13 Å². The monoisotopic (exact) mass is 402 g/mol. The van der Waals surface area contributed by atoms with E-state index in [2.05, 4.69) is 37.6 Å².